The van der Waals surface area contributed by atoms with Crippen molar-refractivity contribution < 1.29 is 9.59 Å². The second-order valence-electron chi connectivity index (χ2n) is 6.07. The molecule has 23 heavy (non-hydrogen) atoms. The lowest BCUT2D eigenvalue weighted by atomic mass is 9.94. The Balaban J connectivity index is 1.90. The number of rotatable bonds is 5. The fourth-order valence-corrected chi connectivity index (χ4v) is 3.18. The monoisotopic (exact) mass is 336 g/mol. The standard InChI is InChI=1S/C18H25ClN2O2/c1-3-14(4-2)20-17(22)13-9-11-21(12-10-13)18(23)15-7-5-6-8-16(15)19/h5-8,13-14H,3-4,9-12H2,1-2H3,(H,20,22). The molecule has 2 amide bonds. The van der Waals surface area contributed by atoms with Crippen LogP contribution in [0.3, 0.4) is 0 Å². The van der Waals surface area contributed by atoms with Crippen LogP contribution in [-0.2, 0) is 4.79 Å². The molecule has 0 atom stereocenters. The molecule has 1 N–H and O–H groups in total. The normalized spacial score (nSPS) is 15.7. The van der Waals surface area contributed by atoms with Crippen LogP contribution in [0.1, 0.15) is 49.9 Å². The predicted molar refractivity (Wildman–Crippen MR) is 92.6 cm³/mol. The molecule has 1 aliphatic heterocycles. The van der Waals surface area contributed by atoms with Gasteiger partial charge in [-0.2, -0.15) is 0 Å². The van der Waals surface area contributed by atoms with Crippen molar-refractivity contribution in [2.24, 2.45) is 5.92 Å². The molecular formula is C18H25ClN2O2. The molecule has 1 saturated heterocycles. The Labute approximate surface area is 143 Å². The van der Waals surface area contributed by atoms with Gasteiger partial charge in [0.1, 0.15) is 0 Å². The van der Waals surface area contributed by atoms with E-state index in [1.165, 1.54) is 0 Å². The van der Waals surface area contributed by atoms with Gasteiger partial charge in [-0.25, -0.2) is 0 Å². The smallest absolute Gasteiger partial charge is 0.255 e. The number of nitrogens with one attached hydrogen (secondary N) is 1. The molecule has 0 bridgehead atoms. The third-order valence-electron chi connectivity index (χ3n) is 4.59. The molecule has 2 rings (SSSR count). The van der Waals surface area contributed by atoms with Crippen molar-refractivity contribution >= 4 is 23.4 Å². The number of piperidine rings is 1. The molecule has 0 aromatic heterocycles. The molecule has 126 valence electrons. The lowest BCUT2D eigenvalue weighted by Gasteiger charge is -2.32. The number of hydrogen-bond donors (Lipinski definition) is 1. The van der Waals surface area contributed by atoms with Gasteiger partial charge in [-0.1, -0.05) is 37.6 Å². The van der Waals surface area contributed by atoms with Gasteiger partial charge in [0.15, 0.2) is 0 Å². The minimum atomic E-state index is -0.0468. The van der Waals surface area contributed by atoms with E-state index in [9.17, 15) is 9.59 Å². The van der Waals surface area contributed by atoms with Crippen LogP contribution in [0.5, 0.6) is 0 Å². The van der Waals surface area contributed by atoms with Crippen molar-refractivity contribution in [2.75, 3.05) is 13.1 Å². The Morgan fingerprint density at radius 1 is 1.22 bits per heavy atom. The topological polar surface area (TPSA) is 49.4 Å². The van der Waals surface area contributed by atoms with Crippen LogP contribution in [0.2, 0.25) is 5.02 Å². The molecule has 1 heterocycles. The van der Waals surface area contributed by atoms with Crippen molar-refractivity contribution in [2.45, 2.75) is 45.6 Å². The number of likely N-dealkylation sites (tertiary alicyclic amines) is 1. The van der Waals surface area contributed by atoms with E-state index in [1.807, 2.05) is 12.1 Å². The van der Waals surface area contributed by atoms with Crippen LogP contribution in [0, 0.1) is 5.92 Å². The Kier molecular flexibility index (Phi) is 6.46. The zero-order chi connectivity index (χ0) is 16.8. The third-order valence-corrected chi connectivity index (χ3v) is 4.92. The molecule has 1 aromatic rings. The van der Waals surface area contributed by atoms with Gasteiger partial charge in [0, 0.05) is 25.0 Å². The van der Waals surface area contributed by atoms with Crippen LogP contribution >= 0.6 is 11.6 Å². The zero-order valence-corrected chi connectivity index (χ0v) is 14.6. The van der Waals surface area contributed by atoms with Crippen LogP contribution in [0.4, 0.5) is 0 Å². The second-order valence-corrected chi connectivity index (χ2v) is 6.48. The van der Waals surface area contributed by atoms with E-state index in [4.69, 9.17) is 11.6 Å². The quantitative estimate of drug-likeness (QED) is 0.894. The lowest BCUT2D eigenvalue weighted by molar-refractivity contribution is -0.127. The summed E-state index contributed by atoms with van der Waals surface area (Å²) in [6.07, 6.45) is 3.32. The van der Waals surface area contributed by atoms with Crippen molar-refractivity contribution in [3.63, 3.8) is 0 Å². The van der Waals surface area contributed by atoms with Crippen molar-refractivity contribution in [3.05, 3.63) is 34.9 Å². The fraction of sp³-hybridized carbons (Fsp3) is 0.556. The number of carbonyl (C=O) groups is 2. The van der Waals surface area contributed by atoms with Gasteiger partial charge in [0.2, 0.25) is 5.91 Å². The van der Waals surface area contributed by atoms with Crippen LogP contribution < -0.4 is 5.32 Å². The average molecular weight is 337 g/mol. The van der Waals surface area contributed by atoms with E-state index >= 15 is 0 Å². The van der Waals surface area contributed by atoms with Gasteiger partial charge in [0.05, 0.1) is 10.6 Å². The molecule has 1 aromatic carbocycles. The van der Waals surface area contributed by atoms with Gasteiger partial charge in [0.25, 0.3) is 5.91 Å². The third kappa shape index (κ3) is 4.47. The molecule has 0 unspecified atom stereocenters. The van der Waals surface area contributed by atoms with Crippen LogP contribution in [0.15, 0.2) is 24.3 Å². The van der Waals surface area contributed by atoms with Crippen molar-refractivity contribution in [3.8, 4) is 0 Å². The highest BCUT2D eigenvalue weighted by molar-refractivity contribution is 6.33. The van der Waals surface area contributed by atoms with Crippen molar-refractivity contribution in [1.82, 2.24) is 10.2 Å². The first-order chi connectivity index (χ1) is 11.1. The largest absolute Gasteiger partial charge is 0.353 e. The van der Waals surface area contributed by atoms with E-state index in [2.05, 4.69) is 19.2 Å². The molecule has 0 aliphatic carbocycles. The van der Waals surface area contributed by atoms with Gasteiger partial charge < -0.3 is 10.2 Å². The summed E-state index contributed by atoms with van der Waals surface area (Å²) in [5, 5.41) is 3.59. The van der Waals surface area contributed by atoms with Gasteiger partial charge in [-0.3, -0.25) is 9.59 Å². The maximum atomic E-state index is 12.5. The van der Waals surface area contributed by atoms with E-state index in [1.54, 1.807) is 17.0 Å². The summed E-state index contributed by atoms with van der Waals surface area (Å²) >= 11 is 6.10. The molecule has 1 aliphatic rings. The molecule has 0 spiro atoms. The SMILES string of the molecule is CCC(CC)NC(=O)C1CCN(C(=O)c2ccccc2Cl)CC1. The number of benzene rings is 1. The first kappa shape index (κ1) is 17.8. The number of nitrogens with zero attached hydrogens (tertiary/aromatic N) is 1. The summed E-state index contributed by atoms with van der Waals surface area (Å²) in [6.45, 7) is 5.37. The summed E-state index contributed by atoms with van der Waals surface area (Å²) in [6, 6.07) is 7.36. The lowest BCUT2D eigenvalue weighted by Crippen LogP contribution is -2.45. The molecular weight excluding hydrogens is 312 g/mol. The van der Waals surface area contributed by atoms with Crippen LogP contribution in [-0.4, -0.2) is 35.8 Å². The first-order valence-electron chi connectivity index (χ1n) is 8.41. The highest BCUT2D eigenvalue weighted by Crippen LogP contribution is 2.22. The van der Waals surface area contributed by atoms with Crippen LogP contribution in [0.25, 0.3) is 0 Å². The Bertz CT molecular complexity index is 550. The molecule has 4 nitrogen and oxygen atoms in total. The Morgan fingerprint density at radius 3 is 2.39 bits per heavy atom. The summed E-state index contributed by atoms with van der Waals surface area (Å²) in [5.74, 6) is 0.0869. The maximum absolute atomic E-state index is 12.5. The fourth-order valence-electron chi connectivity index (χ4n) is 2.96. The van der Waals surface area contributed by atoms with E-state index in [-0.39, 0.29) is 23.8 Å². The average Bonchev–Trinajstić information content (AvgIpc) is 2.59. The Morgan fingerprint density at radius 2 is 1.83 bits per heavy atom. The highest BCUT2D eigenvalue weighted by Gasteiger charge is 2.29. The highest BCUT2D eigenvalue weighted by atomic mass is 35.5. The number of amides is 2. The first-order valence-corrected chi connectivity index (χ1v) is 8.78. The minimum Gasteiger partial charge on any atom is -0.353 e. The van der Waals surface area contributed by atoms with Gasteiger partial charge in [-0.05, 0) is 37.8 Å². The van der Waals surface area contributed by atoms with Crippen molar-refractivity contribution in [1.29, 1.82) is 0 Å². The number of carbonyl (C=O) groups excluding carboxylic acids is 2. The second kappa shape index (κ2) is 8.34. The molecule has 0 radical (unpaired) electrons. The molecule has 0 saturated carbocycles. The molecule has 1 fully saturated rings. The van der Waals surface area contributed by atoms with E-state index in [0.717, 1.165) is 12.8 Å². The Hall–Kier alpha value is -1.55. The molecule has 5 heteroatoms. The summed E-state index contributed by atoms with van der Waals surface area (Å²) in [5.41, 5.74) is 0.536. The predicted octanol–water partition coefficient (Wildman–Crippen LogP) is 3.50. The van der Waals surface area contributed by atoms with E-state index < -0.39 is 0 Å². The summed E-state index contributed by atoms with van der Waals surface area (Å²) < 4.78 is 0. The maximum Gasteiger partial charge on any atom is 0.255 e. The summed E-state index contributed by atoms with van der Waals surface area (Å²) in [4.78, 5) is 26.6. The zero-order valence-electron chi connectivity index (χ0n) is 13.8. The van der Waals surface area contributed by atoms with E-state index in [0.29, 0.717) is 36.5 Å². The number of hydrogen-bond acceptors (Lipinski definition) is 2. The van der Waals surface area contributed by atoms with Gasteiger partial charge in [-0.15, -0.1) is 0 Å². The van der Waals surface area contributed by atoms with Gasteiger partial charge >= 0.3 is 0 Å². The summed E-state index contributed by atoms with van der Waals surface area (Å²) in [7, 11) is 0. The number of halogens is 1. The minimum absolute atomic E-state index is 0.00546.